The highest BCUT2D eigenvalue weighted by atomic mass is 16.2. The Morgan fingerprint density at radius 1 is 1.23 bits per heavy atom. The Morgan fingerprint density at radius 3 is 2.55 bits per heavy atom. The van der Waals surface area contributed by atoms with Gasteiger partial charge in [0.25, 0.3) is 0 Å². The zero-order valence-electron chi connectivity index (χ0n) is 13.5. The molecule has 0 atom stereocenters. The lowest BCUT2D eigenvalue weighted by atomic mass is 9.94. The molecule has 3 aliphatic rings. The summed E-state index contributed by atoms with van der Waals surface area (Å²) in [5.74, 6) is 0.312. The largest absolute Gasteiger partial charge is 0.349 e. The van der Waals surface area contributed by atoms with E-state index in [1.807, 2.05) is 0 Å². The van der Waals surface area contributed by atoms with E-state index in [4.69, 9.17) is 0 Å². The van der Waals surface area contributed by atoms with Crippen molar-refractivity contribution < 1.29 is 4.79 Å². The number of hydrogen-bond donors (Lipinski definition) is 1. The smallest absolute Gasteiger partial charge is 0.227 e. The van der Waals surface area contributed by atoms with Crippen LogP contribution in [-0.4, -0.2) is 36.0 Å². The summed E-state index contributed by atoms with van der Waals surface area (Å²) >= 11 is 0. The van der Waals surface area contributed by atoms with E-state index < -0.39 is 0 Å². The van der Waals surface area contributed by atoms with Crippen LogP contribution in [0, 0.1) is 12.3 Å². The molecule has 0 radical (unpaired) electrons. The van der Waals surface area contributed by atoms with Crippen LogP contribution in [0.2, 0.25) is 0 Å². The van der Waals surface area contributed by atoms with Crippen molar-refractivity contribution in [1.82, 2.24) is 10.2 Å². The number of likely N-dealkylation sites (tertiary alicyclic amines) is 1. The second-order valence-electron chi connectivity index (χ2n) is 7.81. The quantitative estimate of drug-likeness (QED) is 0.876. The molecule has 1 aromatic rings. The number of carbonyl (C=O) groups is 1. The van der Waals surface area contributed by atoms with E-state index in [1.54, 1.807) is 0 Å². The molecule has 118 valence electrons. The molecule has 0 aromatic heterocycles. The second-order valence-corrected chi connectivity index (χ2v) is 7.81. The highest BCUT2D eigenvalue weighted by Crippen LogP contribution is 2.50. The Kier molecular flexibility index (Phi) is 3.30. The van der Waals surface area contributed by atoms with Crippen LogP contribution in [0.1, 0.15) is 43.2 Å². The van der Waals surface area contributed by atoms with Crippen molar-refractivity contribution in [3.63, 3.8) is 0 Å². The number of carbonyl (C=O) groups excluding carboxylic acids is 1. The molecule has 2 aliphatic carbocycles. The van der Waals surface area contributed by atoms with E-state index in [-0.39, 0.29) is 11.0 Å². The van der Waals surface area contributed by atoms with Gasteiger partial charge in [-0.05, 0) is 64.1 Å². The van der Waals surface area contributed by atoms with Gasteiger partial charge in [0.2, 0.25) is 5.91 Å². The topological polar surface area (TPSA) is 32.3 Å². The fraction of sp³-hybridized carbons (Fsp3) is 0.632. The standard InChI is InChI=1S/C19H26N2O/c1-15-4-2-5-16(12-15)13-18(6-7-18)17(22)20-19(8-9-19)14-21-10-3-11-21/h2,4-5,12H,3,6-11,13-14H2,1H3,(H,20,22). The first-order chi connectivity index (χ1) is 10.6. The van der Waals surface area contributed by atoms with Crippen molar-refractivity contribution in [3.05, 3.63) is 35.4 Å². The van der Waals surface area contributed by atoms with Crippen LogP contribution < -0.4 is 5.32 Å². The van der Waals surface area contributed by atoms with Crippen LogP contribution in [0.5, 0.6) is 0 Å². The van der Waals surface area contributed by atoms with Gasteiger partial charge in [0.1, 0.15) is 0 Å². The van der Waals surface area contributed by atoms with Crippen molar-refractivity contribution in [2.24, 2.45) is 5.41 Å². The highest BCUT2D eigenvalue weighted by molar-refractivity contribution is 5.86. The van der Waals surface area contributed by atoms with Gasteiger partial charge in [-0.15, -0.1) is 0 Å². The number of hydrogen-bond acceptors (Lipinski definition) is 2. The molecule has 0 bridgehead atoms. The maximum absolute atomic E-state index is 12.8. The number of rotatable bonds is 6. The van der Waals surface area contributed by atoms with E-state index in [0.717, 1.165) is 38.6 Å². The predicted molar refractivity (Wildman–Crippen MR) is 87.7 cm³/mol. The SMILES string of the molecule is Cc1cccc(CC2(C(=O)NC3(CN4CCC4)CC3)CC2)c1. The van der Waals surface area contributed by atoms with Gasteiger partial charge in [0.15, 0.2) is 0 Å². The molecule has 2 saturated carbocycles. The van der Waals surface area contributed by atoms with E-state index in [2.05, 4.69) is 41.4 Å². The van der Waals surface area contributed by atoms with Gasteiger partial charge < -0.3 is 10.2 Å². The number of aryl methyl sites for hydroxylation is 1. The summed E-state index contributed by atoms with van der Waals surface area (Å²) in [4.78, 5) is 15.3. The summed E-state index contributed by atoms with van der Waals surface area (Å²) < 4.78 is 0. The molecule has 1 aromatic carbocycles. The summed E-state index contributed by atoms with van der Waals surface area (Å²) in [6.07, 6.45) is 6.65. The first-order valence-corrected chi connectivity index (χ1v) is 8.70. The average Bonchev–Trinajstić information content (AvgIpc) is 3.33. The fourth-order valence-electron chi connectivity index (χ4n) is 3.66. The molecule has 1 amide bonds. The molecular weight excluding hydrogens is 272 g/mol. The first kappa shape index (κ1) is 14.3. The molecule has 22 heavy (non-hydrogen) atoms. The summed E-state index contributed by atoms with van der Waals surface area (Å²) in [6, 6.07) is 8.61. The molecule has 3 nitrogen and oxygen atoms in total. The highest BCUT2D eigenvalue weighted by Gasteiger charge is 2.54. The molecule has 1 heterocycles. The molecule has 0 spiro atoms. The Balaban J connectivity index is 1.39. The van der Waals surface area contributed by atoms with Crippen molar-refractivity contribution in [2.75, 3.05) is 19.6 Å². The first-order valence-electron chi connectivity index (χ1n) is 8.70. The third-order valence-electron chi connectivity index (χ3n) is 5.67. The van der Waals surface area contributed by atoms with Crippen molar-refractivity contribution in [3.8, 4) is 0 Å². The van der Waals surface area contributed by atoms with E-state index in [9.17, 15) is 4.79 Å². The maximum atomic E-state index is 12.8. The van der Waals surface area contributed by atoms with Crippen LogP contribution >= 0.6 is 0 Å². The monoisotopic (exact) mass is 298 g/mol. The predicted octanol–water partition coefficient (Wildman–Crippen LogP) is 2.67. The normalized spacial score (nSPS) is 24.4. The Hall–Kier alpha value is -1.35. The molecule has 4 rings (SSSR count). The van der Waals surface area contributed by atoms with Gasteiger partial charge in [0, 0.05) is 6.54 Å². The van der Waals surface area contributed by atoms with Gasteiger partial charge >= 0.3 is 0 Å². The lowest BCUT2D eigenvalue weighted by Gasteiger charge is -2.35. The summed E-state index contributed by atoms with van der Waals surface area (Å²) in [5, 5.41) is 3.42. The Bertz CT molecular complexity index is 583. The number of nitrogens with one attached hydrogen (secondary N) is 1. The molecule has 1 N–H and O–H groups in total. The van der Waals surface area contributed by atoms with E-state index >= 15 is 0 Å². The molecule has 0 unspecified atom stereocenters. The van der Waals surface area contributed by atoms with Crippen molar-refractivity contribution in [1.29, 1.82) is 0 Å². The molecule has 3 heteroatoms. The van der Waals surface area contributed by atoms with Crippen LogP contribution in [0.25, 0.3) is 0 Å². The van der Waals surface area contributed by atoms with Gasteiger partial charge in [-0.25, -0.2) is 0 Å². The Labute approximate surface area is 133 Å². The third kappa shape index (κ3) is 2.79. The zero-order valence-corrected chi connectivity index (χ0v) is 13.5. The van der Waals surface area contributed by atoms with Gasteiger partial charge in [0.05, 0.1) is 11.0 Å². The lowest BCUT2D eigenvalue weighted by Crippen LogP contribution is -2.51. The maximum Gasteiger partial charge on any atom is 0.227 e. The molecule has 1 saturated heterocycles. The summed E-state index contributed by atoms with van der Waals surface area (Å²) in [5.41, 5.74) is 2.59. The van der Waals surface area contributed by atoms with Crippen molar-refractivity contribution >= 4 is 5.91 Å². The third-order valence-corrected chi connectivity index (χ3v) is 5.67. The minimum atomic E-state index is -0.113. The number of amides is 1. The fourth-order valence-corrected chi connectivity index (χ4v) is 3.66. The number of nitrogens with zero attached hydrogens (tertiary/aromatic N) is 1. The molecule has 3 fully saturated rings. The van der Waals surface area contributed by atoms with Crippen LogP contribution in [0.4, 0.5) is 0 Å². The lowest BCUT2D eigenvalue weighted by molar-refractivity contribution is -0.127. The number of benzene rings is 1. The molecular formula is C19H26N2O. The zero-order chi connectivity index (χ0) is 15.2. The summed E-state index contributed by atoms with van der Waals surface area (Å²) in [7, 11) is 0. The molecule has 1 aliphatic heterocycles. The van der Waals surface area contributed by atoms with Gasteiger partial charge in [-0.3, -0.25) is 4.79 Å². The minimum absolute atomic E-state index is 0.111. The van der Waals surface area contributed by atoms with E-state index in [0.29, 0.717) is 5.91 Å². The summed E-state index contributed by atoms with van der Waals surface area (Å²) in [6.45, 7) is 5.62. The van der Waals surface area contributed by atoms with Crippen molar-refractivity contribution in [2.45, 2.75) is 51.0 Å². The van der Waals surface area contributed by atoms with Gasteiger partial charge in [-0.1, -0.05) is 29.8 Å². The van der Waals surface area contributed by atoms with E-state index in [1.165, 1.54) is 30.6 Å². The minimum Gasteiger partial charge on any atom is -0.349 e. The van der Waals surface area contributed by atoms with Crippen LogP contribution in [0.3, 0.4) is 0 Å². The average molecular weight is 298 g/mol. The van der Waals surface area contributed by atoms with Gasteiger partial charge in [-0.2, -0.15) is 0 Å². The second kappa shape index (κ2) is 5.09. The van der Waals surface area contributed by atoms with Crippen LogP contribution in [-0.2, 0) is 11.2 Å². The van der Waals surface area contributed by atoms with Crippen LogP contribution in [0.15, 0.2) is 24.3 Å². The Morgan fingerprint density at radius 2 is 2.00 bits per heavy atom.